The molecule has 0 unspecified atom stereocenters. The normalized spacial score (nSPS) is 18.8. The molecule has 0 aromatic carbocycles. The van der Waals surface area contributed by atoms with Gasteiger partial charge in [0.15, 0.2) is 10.4 Å². The van der Waals surface area contributed by atoms with E-state index in [1.807, 2.05) is 12.3 Å². The van der Waals surface area contributed by atoms with E-state index in [4.69, 9.17) is 17.0 Å². The zero-order valence-electron chi connectivity index (χ0n) is 11.4. The maximum absolute atomic E-state index is 5.47. The topological polar surface area (TPSA) is 42.8 Å². The SMILES string of the molecule is Cc1ccnc2c1[nH]c(=S)n2CC1(C)CCOCC1. The number of H-pyrrole nitrogens is 1. The van der Waals surface area contributed by atoms with Gasteiger partial charge in [-0.2, -0.15) is 0 Å². The molecule has 5 heteroatoms. The molecule has 0 amide bonds. The summed E-state index contributed by atoms with van der Waals surface area (Å²) in [5, 5.41) is 0. The number of imidazole rings is 1. The third-order valence-corrected chi connectivity index (χ3v) is 4.43. The van der Waals surface area contributed by atoms with E-state index >= 15 is 0 Å². The van der Waals surface area contributed by atoms with Crippen LogP contribution < -0.4 is 0 Å². The average molecular weight is 277 g/mol. The second-order valence-electron chi connectivity index (χ2n) is 5.77. The van der Waals surface area contributed by atoms with Gasteiger partial charge in [-0.3, -0.25) is 0 Å². The fourth-order valence-corrected chi connectivity index (χ4v) is 2.98. The summed E-state index contributed by atoms with van der Waals surface area (Å²) in [6, 6.07) is 2.01. The first kappa shape index (κ1) is 12.8. The van der Waals surface area contributed by atoms with E-state index in [0.717, 1.165) is 48.5 Å². The zero-order valence-corrected chi connectivity index (χ0v) is 12.2. The van der Waals surface area contributed by atoms with Crippen LogP contribution in [0, 0.1) is 17.1 Å². The summed E-state index contributed by atoms with van der Waals surface area (Å²) >= 11 is 5.47. The minimum atomic E-state index is 0.247. The van der Waals surface area contributed by atoms with Crippen molar-refractivity contribution in [3.63, 3.8) is 0 Å². The second-order valence-corrected chi connectivity index (χ2v) is 6.15. The van der Waals surface area contributed by atoms with Crippen molar-refractivity contribution >= 4 is 23.4 Å². The highest BCUT2D eigenvalue weighted by atomic mass is 32.1. The second kappa shape index (κ2) is 4.72. The van der Waals surface area contributed by atoms with E-state index in [1.165, 1.54) is 5.56 Å². The highest BCUT2D eigenvalue weighted by Gasteiger charge is 2.28. The third kappa shape index (κ3) is 2.32. The molecule has 102 valence electrons. The molecule has 1 aliphatic heterocycles. The number of rotatable bonds is 2. The van der Waals surface area contributed by atoms with Crippen molar-refractivity contribution in [3.8, 4) is 0 Å². The van der Waals surface area contributed by atoms with E-state index in [2.05, 4.69) is 28.4 Å². The first-order chi connectivity index (χ1) is 9.09. The molecule has 3 heterocycles. The van der Waals surface area contributed by atoms with E-state index in [9.17, 15) is 0 Å². The van der Waals surface area contributed by atoms with Crippen LogP contribution in [-0.4, -0.2) is 27.7 Å². The maximum Gasteiger partial charge on any atom is 0.179 e. The monoisotopic (exact) mass is 277 g/mol. The Morgan fingerprint density at radius 1 is 1.47 bits per heavy atom. The van der Waals surface area contributed by atoms with Crippen molar-refractivity contribution in [1.29, 1.82) is 0 Å². The van der Waals surface area contributed by atoms with Gasteiger partial charge in [0.2, 0.25) is 0 Å². The third-order valence-electron chi connectivity index (χ3n) is 4.11. The molecule has 2 aromatic heterocycles. The van der Waals surface area contributed by atoms with Crippen LogP contribution in [0.15, 0.2) is 12.3 Å². The predicted octanol–water partition coefficient (Wildman–Crippen LogP) is 3.22. The molecule has 0 atom stereocenters. The summed E-state index contributed by atoms with van der Waals surface area (Å²) in [7, 11) is 0. The quantitative estimate of drug-likeness (QED) is 0.857. The molecule has 0 spiro atoms. The van der Waals surface area contributed by atoms with Crippen LogP contribution in [-0.2, 0) is 11.3 Å². The Morgan fingerprint density at radius 3 is 2.95 bits per heavy atom. The van der Waals surface area contributed by atoms with Crippen LogP contribution in [0.2, 0.25) is 0 Å². The van der Waals surface area contributed by atoms with Crippen molar-refractivity contribution in [3.05, 3.63) is 22.6 Å². The molecule has 0 saturated carbocycles. The van der Waals surface area contributed by atoms with Gasteiger partial charge in [0, 0.05) is 26.0 Å². The minimum absolute atomic E-state index is 0.247. The van der Waals surface area contributed by atoms with Crippen LogP contribution in [0.5, 0.6) is 0 Å². The fraction of sp³-hybridized carbons (Fsp3) is 0.571. The molecule has 1 N–H and O–H groups in total. The molecule has 4 nitrogen and oxygen atoms in total. The molecule has 1 fully saturated rings. The van der Waals surface area contributed by atoms with Crippen LogP contribution in [0.4, 0.5) is 0 Å². The van der Waals surface area contributed by atoms with Gasteiger partial charge in [0.25, 0.3) is 0 Å². The van der Waals surface area contributed by atoms with Gasteiger partial charge < -0.3 is 14.3 Å². The Hall–Kier alpha value is -1.20. The minimum Gasteiger partial charge on any atom is -0.381 e. The van der Waals surface area contributed by atoms with Crippen molar-refractivity contribution in [1.82, 2.24) is 14.5 Å². The molecular weight excluding hydrogens is 258 g/mol. The molecule has 1 aliphatic rings. The maximum atomic E-state index is 5.47. The Balaban J connectivity index is 2.03. The molecule has 1 saturated heterocycles. The number of nitrogens with zero attached hydrogens (tertiary/aromatic N) is 2. The zero-order chi connectivity index (χ0) is 13.5. The Bertz CT molecular complexity index is 652. The van der Waals surface area contributed by atoms with Crippen molar-refractivity contribution in [2.75, 3.05) is 13.2 Å². The summed E-state index contributed by atoms with van der Waals surface area (Å²) in [5.74, 6) is 0. The number of aromatic nitrogens is 3. The fourth-order valence-electron chi connectivity index (χ4n) is 2.72. The summed E-state index contributed by atoms with van der Waals surface area (Å²) in [4.78, 5) is 7.78. The van der Waals surface area contributed by atoms with Gasteiger partial charge in [0.1, 0.15) is 0 Å². The van der Waals surface area contributed by atoms with Crippen molar-refractivity contribution in [2.24, 2.45) is 5.41 Å². The smallest absolute Gasteiger partial charge is 0.179 e. The lowest BCUT2D eigenvalue weighted by Gasteiger charge is -2.33. The van der Waals surface area contributed by atoms with E-state index in [-0.39, 0.29) is 5.41 Å². The number of aryl methyl sites for hydroxylation is 1. The lowest BCUT2D eigenvalue weighted by atomic mass is 9.82. The van der Waals surface area contributed by atoms with Crippen LogP contribution in [0.25, 0.3) is 11.2 Å². The average Bonchev–Trinajstić information content (AvgIpc) is 2.69. The van der Waals surface area contributed by atoms with Gasteiger partial charge in [-0.05, 0) is 49.0 Å². The van der Waals surface area contributed by atoms with E-state index < -0.39 is 0 Å². The number of fused-ring (bicyclic) bond motifs is 1. The standard InChI is InChI=1S/C14H19N3OS/c1-10-3-6-15-12-11(10)16-13(19)17(12)9-14(2)4-7-18-8-5-14/h3,6H,4-5,7-9H2,1-2H3,(H,16,19). The Morgan fingerprint density at radius 2 is 2.21 bits per heavy atom. The molecule has 0 bridgehead atoms. The number of hydrogen-bond donors (Lipinski definition) is 1. The van der Waals surface area contributed by atoms with Crippen LogP contribution >= 0.6 is 12.2 Å². The first-order valence-corrected chi connectivity index (χ1v) is 7.12. The van der Waals surface area contributed by atoms with Gasteiger partial charge in [-0.15, -0.1) is 0 Å². The Kier molecular flexibility index (Phi) is 3.19. The van der Waals surface area contributed by atoms with Gasteiger partial charge >= 0.3 is 0 Å². The first-order valence-electron chi connectivity index (χ1n) is 6.71. The largest absolute Gasteiger partial charge is 0.381 e. The highest BCUT2D eigenvalue weighted by Crippen LogP contribution is 2.32. The lowest BCUT2D eigenvalue weighted by molar-refractivity contribution is 0.0158. The molecular formula is C14H19N3OS. The van der Waals surface area contributed by atoms with Gasteiger partial charge in [0.05, 0.1) is 5.52 Å². The molecule has 0 radical (unpaired) electrons. The highest BCUT2D eigenvalue weighted by molar-refractivity contribution is 7.71. The van der Waals surface area contributed by atoms with Crippen LogP contribution in [0.3, 0.4) is 0 Å². The van der Waals surface area contributed by atoms with Crippen molar-refractivity contribution < 1.29 is 4.74 Å². The molecule has 0 aliphatic carbocycles. The number of hydrogen-bond acceptors (Lipinski definition) is 3. The van der Waals surface area contributed by atoms with E-state index in [0.29, 0.717) is 0 Å². The summed E-state index contributed by atoms with van der Waals surface area (Å²) < 4.78 is 8.37. The molecule has 2 aromatic rings. The van der Waals surface area contributed by atoms with Crippen molar-refractivity contribution in [2.45, 2.75) is 33.2 Å². The molecule has 19 heavy (non-hydrogen) atoms. The Labute approximate surface area is 117 Å². The van der Waals surface area contributed by atoms with Crippen LogP contribution in [0.1, 0.15) is 25.3 Å². The summed E-state index contributed by atoms with van der Waals surface area (Å²) in [5.41, 5.74) is 3.46. The summed E-state index contributed by atoms with van der Waals surface area (Å²) in [6.07, 6.45) is 4.00. The van der Waals surface area contributed by atoms with Gasteiger partial charge in [-0.25, -0.2) is 4.98 Å². The number of ether oxygens (including phenoxy) is 1. The van der Waals surface area contributed by atoms with Gasteiger partial charge in [-0.1, -0.05) is 6.92 Å². The number of nitrogens with one attached hydrogen (secondary N) is 1. The molecule has 3 rings (SSSR count). The lowest BCUT2D eigenvalue weighted by Crippen LogP contribution is -2.31. The van der Waals surface area contributed by atoms with E-state index in [1.54, 1.807) is 0 Å². The number of aromatic amines is 1. The summed E-state index contributed by atoms with van der Waals surface area (Å²) in [6.45, 7) is 6.99. The number of pyridine rings is 1. The predicted molar refractivity (Wildman–Crippen MR) is 77.8 cm³/mol.